The highest BCUT2D eigenvalue weighted by Gasteiger charge is 2.42. The Morgan fingerprint density at radius 1 is 1.21 bits per heavy atom. The average Bonchev–Trinajstić information content (AvgIpc) is 3.32. The lowest BCUT2D eigenvalue weighted by Crippen LogP contribution is -2.47. The summed E-state index contributed by atoms with van der Waals surface area (Å²) < 4.78 is 22.5. The highest BCUT2D eigenvalue weighted by atomic mass is 16.6. The van der Waals surface area contributed by atoms with Crippen LogP contribution in [0.1, 0.15) is 32.1 Å². The lowest BCUT2D eigenvalue weighted by atomic mass is 9.86. The van der Waals surface area contributed by atoms with E-state index in [0.717, 1.165) is 40.9 Å². The monoisotopic (exact) mass is 518 g/mol. The summed E-state index contributed by atoms with van der Waals surface area (Å²) in [5.41, 5.74) is 0.894. The van der Waals surface area contributed by atoms with Crippen LogP contribution in [0.4, 0.5) is 10.6 Å². The largest absolute Gasteiger partial charge is 0.497 e. The van der Waals surface area contributed by atoms with Crippen LogP contribution in [0.3, 0.4) is 0 Å². The van der Waals surface area contributed by atoms with Crippen LogP contribution < -0.4 is 9.64 Å². The number of ether oxygens (including phenoxy) is 4. The minimum Gasteiger partial charge on any atom is -0.497 e. The standard InChI is InChI=1S/C28H30N4O6/c1-35-20-7-8-23-22(13-20)26(30-18-29-23)31-11-9-28(34,10-12-31)14-21-15-32(27(33)37-21)25-17-36-16-24(38-25)19-5-3-2-4-6-19/h2-3,5,7-8,13,16-18,21,34H,4,6,9-12,14-15H2,1H3. The number of aliphatic hydroxyl groups is 1. The molecule has 10 nitrogen and oxygen atoms in total. The Hall–Kier alpha value is -4.05. The molecule has 10 heteroatoms. The Morgan fingerprint density at radius 3 is 2.87 bits per heavy atom. The fourth-order valence-electron chi connectivity index (χ4n) is 5.35. The minimum atomic E-state index is -0.958. The van der Waals surface area contributed by atoms with E-state index in [-0.39, 0.29) is 6.54 Å². The van der Waals surface area contributed by atoms with Gasteiger partial charge in [-0.05, 0) is 49.5 Å². The number of anilines is 1. The second kappa shape index (κ2) is 10.0. The van der Waals surface area contributed by atoms with Crippen molar-refractivity contribution in [2.24, 2.45) is 0 Å². The van der Waals surface area contributed by atoms with Gasteiger partial charge < -0.3 is 29.0 Å². The molecule has 0 saturated carbocycles. The molecular formula is C28H30N4O6. The highest BCUT2D eigenvalue weighted by Crippen LogP contribution is 2.36. The number of cyclic esters (lactones) is 1. The van der Waals surface area contributed by atoms with E-state index in [4.69, 9.17) is 18.9 Å². The zero-order valence-electron chi connectivity index (χ0n) is 21.2. The molecule has 38 heavy (non-hydrogen) atoms. The third-order valence-electron chi connectivity index (χ3n) is 7.45. The first kappa shape index (κ1) is 24.3. The number of fused-ring (bicyclic) bond motifs is 1. The summed E-state index contributed by atoms with van der Waals surface area (Å²) in [5, 5.41) is 12.3. The number of rotatable bonds is 6. The number of carbonyl (C=O) groups is 1. The number of allylic oxidation sites excluding steroid dienone is 4. The van der Waals surface area contributed by atoms with Crippen LogP contribution in [-0.2, 0) is 14.2 Å². The maximum Gasteiger partial charge on any atom is 0.417 e. The molecule has 6 rings (SSSR count). The number of amides is 1. The average molecular weight is 519 g/mol. The van der Waals surface area contributed by atoms with Crippen molar-refractivity contribution in [1.29, 1.82) is 0 Å². The van der Waals surface area contributed by atoms with Crippen molar-refractivity contribution in [2.45, 2.75) is 43.8 Å². The minimum absolute atomic E-state index is 0.280. The van der Waals surface area contributed by atoms with Crippen molar-refractivity contribution in [3.63, 3.8) is 0 Å². The van der Waals surface area contributed by atoms with Gasteiger partial charge in [0, 0.05) is 24.9 Å². The number of hydrogen-bond donors (Lipinski definition) is 1. The normalized spacial score (nSPS) is 22.7. The van der Waals surface area contributed by atoms with Gasteiger partial charge >= 0.3 is 6.09 Å². The van der Waals surface area contributed by atoms with Crippen LogP contribution in [0.15, 0.2) is 72.5 Å². The molecule has 1 atom stereocenters. The second-order valence-electron chi connectivity index (χ2n) is 9.95. The quantitative estimate of drug-likeness (QED) is 0.604. The topological polar surface area (TPSA) is 106 Å². The van der Waals surface area contributed by atoms with Crippen molar-refractivity contribution >= 4 is 22.8 Å². The fourth-order valence-corrected chi connectivity index (χ4v) is 5.35. The van der Waals surface area contributed by atoms with E-state index >= 15 is 0 Å². The van der Waals surface area contributed by atoms with E-state index in [1.807, 2.05) is 30.4 Å². The van der Waals surface area contributed by atoms with Crippen LogP contribution in [0.2, 0.25) is 0 Å². The van der Waals surface area contributed by atoms with E-state index in [2.05, 4.69) is 20.9 Å². The number of hydrogen-bond acceptors (Lipinski definition) is 9. The van der Waals surface area contributed by atoms with Crippen LogP contribution >= 0.6 is 0 Å². The van der Waals surface area contributed by atoms with Gasteiger partial charge in [0.05, 0.1) is 24.8 Å². The summed E-state index contributed by atoms with van der Waals surface area (Å²) in [6.45, 7) is 1.51. The molecule has 4 heterocycles. The molecule has 4 aliphatic rings. The Balaban J connectivity index is 1.08. The van der Waals surface area contributed by atoms with Crippen molar-refractivity contribution in [1.82, 2.24) is 14.9 Å². The Kier molecular flexibility index (Phi) is 6.40. The van der Waals surface area contributed by atoms with E-state index in [9.17, 15) is 9.90 Å². The third kappa shape index (κ3) is 4.79. The van der Waals surface area contributed by atoms with E-state index in [0.29, 0.717) is 44.0 Å². The number of nitrogens with zero attached hydrogens (tertiary/aromatic N) is 4. The Morgan fingerprint density at radius 2 is 2.08 bits per heavy atom. The first-order chi connectivity index (χ1) is 18.5. The Bertz CT molecular complexity index is 1360. The molecular weight excluding hydrogens is 488 g/mol. The summed E-state index contributed by atoms with van der Waals surface area (Å²) in [7, 11) is 1.63. The van der Waals surface area contributed by atoms with Gasteiger partial charge in [0.25, 0.3) is 0 Å². The van der Waals surface area contributed by atoms with Gasteiger partial charge in [0.1, 0.15) is 30.3 Å². The summed E-state index contributed by atoms with van der Waals surface area (Å²) in [6, 6.07) is 5.73. The summed E-state index contributed by atoms with van der Waals surface area (Å²) in [4.78, 5) is 25.2. The molecule has 1 aliphatic carbocycles. The predicted molar refractivity (Wildman–Crippen MR) is 139 cm³/mol. The summed E-state index contributed by atoms with van der Waals surface area (Å²) in [5.74, 6) is 2.44. The molecule has 2 fully saturated rings. The van der Waals surface area contributed by atoms with Crippen LogP contribution in [0, 0.1) is 0 Å². The number of carbonyl (C=O) groups excluding carboxylic acids is 1. The first-order valence-corrected chi connectivity index (χ1v) is 12.9. The summed E-state index contributed by atoms with van der Waals surface area (Å²) >= 11 is 0. The third-order valence-corrected chi connectivity index (χ3v) is 7.45. The maximum atomic E-state index is 12.7. The van der Waals surface area contributed by atoms with Crippen molar-refractivity contribution in [3.05, 3.63) is 72.5 Å². The number of aromatic nitrogens is 2. The number of benzene rings is 1. The van der Waals surface area contributed by atoms with Gasteiger partial charge in [-0.15, -0.1) is 0 Å². The zero-order chi connectivity index (χ0) is 26.1. The lowest BCUT2D eigenvalue weighted by molar-refractivity contribution is -0.0222. The van der Waals surface area contributed by atoms with Gasteiger partial charge in [-0.25, -0.2) is 19.7 Å². The molecule has 0 radical (unpaired) electrons. The smallest absolute Gasteiger partial charge is 0.417 e. The summed E-state index contributed by atoms with van der Waals surface area (Å²) in [6.07, 6.45) is 12.7. The fraction of sp³-hybridized carbons (Fsp3) is 0.393. The molecule has 1 unspecified atom stereocenters. The lowest BCUT2D eigenvalue weighted by Gasteiger charge is -2.39. The molecule has 2 saturated heterocycles. The predicted octanol–water partition coefficient (Wildman–Crippen LogP) is 4.14. The van der Waals surface area contributed by atoms with Gasteiger partial charge in [-0.3, -0.25) is 0 Å². The first-order valence-electron chi connectivity index (χ1n) is 12.9. The molecule has 1 aromatic carbocycles. The molecule has 0 bridgehead atoms. The van der Waals surface area contributed by atoms with Crippen molar-refractivity contribution < 1.29 is 28.8 Å². The molecule has 198 valence electrons. The zero-order valence-corrected chi connectivity index (χ0v) is 21.2. The molecule has 2 aromatic rings. The highest BCUT2D eigenvalue weighted by molar-refractivity contribution is 5.90. The van der Waals surface area contributed by atoms with Crippen molar-refractivity contribution in [2.75, 3.05) is 31.6 Å². The van der Waals surface area contributed by atoms with Gasteiger partial charge in [0.15, 0.2) is 12.0 Å². The van der Waals surface area contributed by atoms with Gasteiger partial charge in [0.2, 0.25) is 5.88 Å². The van der Waals surface area contributed by atoms with E-state index in [1.165, 1.54) is 11.2 Å². The SMILES string of the molecule is COc1ccc2ncnc(N3CCC(O)(CC4CN(C5=COC=C(C6=CC=CCC6)O5)C(=O)O4)CC3)c2c1. The molecule has 1 aromatic heterocycles. The van der Waals surface area contributed by atoms with Gasteiger partial charge in [-0.2, -0.15) is 0 Å². The van der Waals surface area contributed by atoms with Crippen LogP contribution in [-0.4, -0.2) is 64.5 Å². The van der Waals surface area contributed by atoms with E-state index < -0.39 is 17.8 Å². The maximum absolute atomic E-state index is 12.7. The number of piperidine rings is 1. The van der Waals surface area contributed by atoms with Gasteiger partial charge in [-0.1, -0.05) is 18.2 Å². The second-order valence-corrected chi connectivity index (χ2v) is 9.95. The van der Waals surface area contributed by atoms with Crippen molar-refractivity contribution in [3.8, 4) is 5.75 Å². The Labute approximate surface area is 220 Å². The van der Waals surface area contributed by atoms with E-state index in [1.54, 1.807) is 19.7 Å². The molecule has 0 spiro atoms. The van der Waals surface area contributed by atoms with Crippen LogP contribution in [0.25, 0.3) is 10.9 Å². The molecule has 1 N–H and O–H groups in total. The van der Waals surface area contributed by atoms with Crippen LogP contribution in [0.5, 0.6) is 5.75 Å². The molecule has 3 aliphatic heterocycles. The number of methoxy groups -OCH3 is 1. The molecule has 1 amide bonds.